The summed E-state index contributed by atoms with van der Waals surface area (Å²) in [5, 5.41) is 0. The highest BCUT2D eigenvalue weighted by molar-refractivity contribution is 5.86. The second kappa shape index (κ2) is 3.71. The van der Waals surface area contributed by atoms with Crippen molar-refractivity contribution in [3.63, 3.8) is 0 Å². The molecule has 0 fully saturated rings. The molecule has 0 N–H and O–H groups in total. The average molecular weight is 150 g/mol. The molecule has 0 aromatic carbocycles. The third-order valence-corrected chi connectivity index (χ3v) is 1.09. The molecule has 0 saturated heterocycles. The lowest BCUT2D eigenvalue weighted by Crippen LogP contribution is -2.06. The van der Waals surface area contributed by atoms with Crippen LogP contribution in [0, 0.1) is 6.07 Å². The second-order valence-electron chi connectivity index (χ2n) is 1.86. The van der Waals surface area contributed by atoms with Gasteiger partial charge in [-0.25, -0.2) is 9.78 Å². The summed E-state index contributed by atoms with van der Waals surface area (Å²) in [7, 11) is 0. The number of hydrogen-bond donors (Lipinski definition) is 0. The smallest absolute Gasteiger partial charge is 0.356 e. The predicted octanol–water partition coefficient (Wildman–Crippen LogP) is 1.06. The first kappa shape index (κ1) is 7.72. The molecule has 0 amide bonds. The Balaban J connectivity index is 2.69. The standard InChI is InChI=1S/C8H8NO2/c1-2-11-8(10)7-5-3-4-6-9-7/h4-6H,2H2,1H3. The summed E-state index contributed by atoms with van der Waals surface area (Å²) >= 11 is 0. The van der Waals surface area contributed by atoms with Crippen LogP contribution < -0.4 is 0 Å². The van der Waals surface area contributed by atoms with E-state index in [2.05, 4.69) is 11.1 Å². The van der Waals surface area contributed by atoms with Crippen molar-refractivity contribution in [1.82, 2.24) is 4.98 Å². The Morgan fingerprint density at radius 2 is 2.64 bits per heavy atom. The van der Waals surface area contributed by atoms with E-state index < -0.39 is 5.97 Å². The highest BCUT2D eigenvalue weighted by Gasteiger charge is 2.04. The molecule has 0 atom stereocenters. The maximum absolute atomic E-state index is 10.9. The van der Waals surface area contributed by atoms with Gasteiger partial charge in [-0.1, -0.05) is 0 Å². The zero-order valence-corrected chi connectivity index (χ0v) is 6.20. The first-order valence-electron chi connectivity index (χ1n) is 3.34. The lowest BCUT2D eigenvalue weighted by molar-refractivity contribution is 0.0519. The van der Waals surface area contributed by atoms with E-state index in [9.17, 15) is 4.79 Å². The van der Waals surface area contributed by atoms with Gasteiger partial charge in [-0.2, -0.15) is 0 Å². The number of esters is 1. The number of pyridine rings is 1. The van der Waals surface area contributed by atoms with Gasteiger partial charge in [0.1, 0.15) is 5.69 Å². The van der Waals surface area contributed by atoms with Crippen molar-refractivity contribution >= 4 is 5.97 Å². The first-order valence-corrected chi connectivity index (χ1v) is 3.34. The van der Waals surface area contributed by atoms with Gasteiger partial charge in [0.2, 0.25) is 0 Å². The van der Waals surface area contributed by atoms with E-state index in [0.29, 0.717) is 12.3 Å². The van der Waals surface area contributed by atoms with E-state index >= 15 is 0 Å². The van der Waals surface area contributed by atoms with Crippen LogP contribution in [0.25, 0.3) is 0 Å². The maximum atomic E-state index is 10.9. The lowest BCUT2D eigenvalue weighted by atomic mass is 10.4. The van der Waals surface area contributed by atoms with Crippen molar-refractivity contribution in [1.29, 1.82) is 0 Å². The third kappa shape index (κ3) is 2.04. The molecule has 1 aromatic rings. The van der Waals surface area contributed by atoms with E-state index in [-0.39, 0.29) is 0 Å². The largest absolute Gasteiger partial charge is 0.461 e. The molecule has 1 radical (unpaired) electrons. The minimum absolute atomic E-state index is 0.300. The van der Waals surface area contributed by atoms with Crippen LogP contribution in [-0.4, -0.2) is 17.6 Å². The fourth-order valence-electron chi connectivity index (χ4n) is 0.642. The minimum Gasteiger partial charge on any atom is -0.461 e. The van der Waals surface area contributed by atoms with Crippen molar-refractivity contribution in [3.8, 4) is 0 Å². The number of hydrogen-bond acceptors (Lipinski definition) is 3. The Morgan fingerprint density at radius 1 is 1.82 bits per heavy atom. The van der Waals surface area contributed by atoms with E-state index in [4.69, 9.17) is 4.74 Å². The topological polar surface area (TPSA) is 39.2 Å². The summed E-state index contributed by atoms with van der Waals surface area (Å²) < 4.78 is 4.71. The van der Waals surface area contributed by atoms with Crippen molar-refractivity contribution < 1.29 is 9.53 Å². The third-order valence-electron chi connectivity index (χ3n) is 1.09. The number of rotatable bonds is 2. The first-order chi connectivity index (χ1) is 5.34. The number of ether oxygens (including phenoxy) is 1. The fourth-order valence-corrected chi connectivity index (χ4v) is 0.642. The van der Waals surface area contributed by atoms with Crippen LogP contribution in [0.3, 0.4) is 0 Å². The normalized spacial score (nSPS) is 9.18. The van der Waals surface area contributed by atoms with Gasteiger partial charge < -0.3 is 4.74 Å². The monoisotopic (exact) mass is 150 g/mol. The number of carbonyl (C=O) groups is 1. The molecule has 0 spiro atoms. The lowest BCUT2D eigenvalue weighted by Gasteiger charge is -1.98. The molecule has 11 heavy (non-hydrogen) atoms. The Bertz CT molecular complexity index is 233. The molecule has 0 saturated carbocycles. The Hall–Kier alpha value is -1.38. The Kier molecular flexibility index (Phi) is 2.60. The highest BCUT2D eigenvalue weighted by atomic mass is 16.5. The fraction of sp³-hybridized carbons (Fsp3) is 0.250. The van der Waals surface area contributed by atoms with Gasteiger partial charge in [0, 0.05) is 6.20 Å². The maximum Gasteiger partial charge on any atom is 0.356 e. The number of aromatic nitrogens is 1. The van der Waals surface area contributed by atoms with Gasteiger partial charge in [0.15, 0.2) is 0 Å². The summed E-state index contributed by atoms with van der Waals surface area (Å²) in [5.41, 5.74) is 0.300. The van der Waals surface area contributed by atoms with Crippen molar-refractivity contribution in [2.45, 2.75) is 6.92 Å². The Labute approximate surface area is 65.0 Å². The van der Waals surface area contributed by atoms with E-state index in [1.807, 2.05) is 0 Å². The minimum atomic E-state index is -0.399. The predicted molar refractivity (Wildman–Crippen MR) is 39.0 cm³/mol. The van der Waals surface area contributed by atoms with Gasteiger partial charge in [0.05, 0.1) is 6.61 Å². The van der Waals surface area contributed by atoms with Crippen LogP contribution in [0.5, 0.6) is 0 Å². The van der Waals surface area contributed by atoms with Crippen molar-refractivity contribution in [2.24, 2.45) is 0 Å². The molecule has 1 aromatic heterocycles. The molecule has 1 heterocycles. The van der Waals surface area contributed by atoms with Crippen LogP contribution in [0.4, 0.5) is 0 Å². The van der Waals surface area contributed by atoms with Gasteiger partial charge in [0.25, 0.3) is 0 Å². The van der Waals surface area contributed by atoms with Crippen LogP contribution >= 0.6 is 0 Å². The Morgan fingerprint density at radius 3 is 3.18 bits per heavy atom. The van der Waals surface area contributed by atoms with Gasteiger partial charge in [-0.05, 0) is 25.1 Å². The van der Waals surface area contributed by atoms with E-state index in [1.54, 1.807) is 13.0 Å². The number of carbonyl (C=O) groups excluding carboxylic acids is 1. The second-order valence-corrected chi connectivity index (χ2v) is 1.86. The van der Waals surface area contributed by atoms with Crippen molar-refractivity contribution in [2.75, 3.05) is 6.61 Å². The van der Waals surface area contributed by atoms with E-state index in [0.717, 1.165) is 0 Å². The molecule has 0 unspecified atom stereocenters. The average Bonchev–Trinajstić information content (AvgIpc) is 2.07. The van der Waals surface area contributed by atoms with Gasteiger partial charge in [-0.15, -0.1) is 0 Å². The molecule has 57 valence electrons. The molecule has 3 heteroatoms. The van der Waals surface area contributed by atoms with Crippen molar-refractivity contribution in [3.05, 3.63) is 30.1 Å². The van der Waals surface area contributed by atoms with Gasteiger partial charge in [-0.3, -0.25) is 0 Å². The zero-order chi connectivity index (χ0) is 8.10. The summed E-state index contributed by atoms with van der Waals surface area (Å²) in [6.07, 6.45) is 1.51. The summed E-state index contributed by atoms with van der Waals surface area (Å²) in [6, 6.07) is 5.86. The molecule has 0 aliphatic heterocycles. The molecule has 0 bridgehead atoms. The number of nitrogens with zero attached hydrogens (tertiary/aromatic N) is 1. The van der Waals surface area contributed by atoms with Crippen LogP contribution in [0.1, 0.15) is 17.4 Å². The zero-order valence-electron chi connectivity index (χ0n) is 6.20. The van der Waals surface area contributed by atoms with Crippen LogP contribution in [0.15, 0.2) is 18.3 Å². The van der Waals surface area contributed by atoms with E-state index in [1.165, 1.54) is 12.3 Å². The van der Waals surface area contributed by atoms with Crippen LogP contribution in [-0.2, 0) is 4.74 Å². The summed E-state index contributed by atoms with van der Waals surface area (Å²) in [6.45, 7) is 2.12. The van der Waals surface area contributed by atoms with Gasteiger partial charge >= 0.3 is 5.97 Å². The highest BCUT2D eigenvalue weighted by Crippen LogP contribution is 1.94. The quantitative estimate of drug-likeness (QED) is 0.592. The molecule has 1 rings (SSSR count). The molecule has 0 aliphatic rings. The van der Waals surface area contributed by atoms with Crippen LogP contribution in [0.2, 0.25) is 0 Å². The SMILES string of the molecule is CCOC(=O)c1c[c]ccn1. The molecule has 0 aliphatic carbocycles. The molecule has 3 nitrogen and oxygen atoms in total. The molecular weight excluding hydrogens is 142 g/mol. The summed E-state index contributed by atoms with van der Waals surface area (Å²) in [5.74, 6) is -0.399. The summed E-state index contributed by atoms with van der Waals surface area (Å²) in [4.78, 5) is 14.7. The molecular formula is C8H8NO2.